The Morgan fingerprint density at radius 3 is 2.32 bits per heavy atom. The van der Waals surface area contributed by atoms with Gasteiger partial charge in [-0.05, 0) is 58.0 Å². The highest BCUT2D eigenvalue weighted by Gasteiger charge is 2.38. The molecule has 0 unspecified atom stereocenters. The predicted molar refractivity (Wildman–Crippen MR) is 154 cm³/mol. The van der Waals surface area contributed by atoms with Crippen LogP contribution < -0.4 is 15.1 Å². The summed E-state index contributed by atoms with van der Waals surface area (Å²) < 4.78 is 77.7. The Kier molecular flexibility index (Phi) is 8.71. The molecule has 2 heterocycles. The summed E-state index contributed by atoms with van der Waals surface area (Å²) in [6, 6.07) is 7.38. The van der Waals surface area contributed by atoms with Gasteiger partial charge in [0, 0.05) is 49.7 Å². The van der Waals surface area contributed by atoms with E-state index >= 15 is 8.78 Å². The van der Waals surface area contributed by atoms with Crippen LogP contribution in [0.4, 0.5) is 54.4 Å². The number of carbonyl (C=O) groups is 2. The second-order valence-corrected chi connectivity index (χ2v) is 10.9. The Morgan fingerprint density at radius 1 is 1.09 bits per heavy atom. The number of nitrogens with one attached hydrogen (secondary N) is 1. The van der Waals surface area contributed by atoms with E-state index in [1.165, 1.54) is 37.1 Å². The molecule has 9 nitrogen and oxygen atoms in total. The number of likely N-dealkylation sites (N-methyl/N-ethyl adjacent to an activating group) is 1. The molecule has 0 atom stereocenters. The maximum atomic E-state index is 15.8. The predicted octanol–water partition coefficient (Wildman–Crippen LogP) is 7.29. The van der Waals surface area contributed by atoms with Gasteiger partial charge >= 0.3 is 18.3 Å². The summed E-state index contributed by atoms with van der Waals surface area (Å²) in [6.07, 6.45) is -4.76. The van der Waals surface area contributed by atoms with Gasteiger partial charge in [0.15, 0.2) is 11.6 Å². The zero-order valence-corrected chi connectivity index (χ0v) is 24.5. The fourth-order valence-corrected chi connectivity index (χ4v) is 4.54. The summed E-state index contributed by atoms with van der Waals surface area (Å²) in [5.41, 5.74) is -2.89. The Morgan fingerprint density at radius 2 is 1.75 bits per heavy atom. The van der Waals surface area contributed by atoms with E-state index in [-0.39, 0.29) is 53.5 Å². The minimum absolute atomic E-state index is 0.00111. The number of hydrogen-bond acceptors (Lipinski definition) is 6. The molecule has 0 fully saturated rings. The molecule has 1 aliphatic rings. The van der Waals surface area contributed by atoms with E-state index in [1.54, 1.807) is 20.8 Å². The number of nitriles is 1. The fraction of sp³-hybridized carbons (Fsp3) is 0.333. The van der Waals surface area contributed by atoms with Gasteiger partial charge in [-0.15, -0.1) is 0 Å². The van der Waals surface area contributed by atoms with Gasteiger partial charge in [0.25, 0.3) is 0 Å². The summed E-state index contributed by atoms with van der Waals surface area (Å²) in [5, 5.41) is 12.3. The van der Waals surface area contributed by atoms with E-state index in [2.05, 4.69) is 10.3 Å². The number of carbonyl (C=O) groups excluding carboxylic acids is 2. The lowest BCUT2D eigenvalue weighted by molar-refractivity contribution is -0.137. The van der Waals surface area contributed by atoms with Crippen molar-refractivity contribution in [2.45, 2.75) is 39.5 Å². The van der Waals surface area contributed by atoms with Gasteiger partial charge in [0.05, 0.1) is 22.9 Å². The molecule has 1 N–H and O–H groups in total. The van der Waals surface area contributed by atoms with Crippen LogP contribution in [-0.2, 0) is 10.9 Å². The van der Waals surface area contributed by atoms with Crippen molar-refractivity contribution in [2.24, 2.45) is 0 Å². The number of amides is 3. The van der Waals surface area contributed by atoms with Crippen LogP contribution in [0, 0.1) is 23.0 Å². The van der Waals surface area contributed by atoms with Crippen molar-refractivity contribution in [3.05, 3.63) is 65.4 Å². The van der Waals surface area contributed by atoms with Gasteiger partial charge in [-0.1, -0.05) is 6.07 Å². The molecule has 1 aromatic heterocycles. The third kappa shape index (κ3) is 6.51. The van der Waals surface area contributed by atoms with Crippen LogP contribution in [0.1, 0.15) is 38.8 Å². The van der Waals surface area contributed by atoms with E-state index < -0.39 is 46.8 Å². The van der Waals surface area contributed by atoms with Crippen molar-refractivity contribution >= 4 is 35.0 Å². The molecule has 0 radical (unpaired) electrons. The van der Waals surface area contributed by atoms with E-state index in [0.29, 0.717) is 11.1 Å². The van der Waals surface area contributed by atoms with Crippen LogP contribution in [0.2, 0.25) is 0 Å². The van der Waals surface area contributed by atoms with Crippen molar-refractivity contribution in [1.82, 2.24) is 9.88 Å². The van der Waals surface area contributed by atoms with Crippen molar-refractivity contribution in [1.29, 1.82) is 5.26 Å². The summed E-state index contributed by atoms with van der Waals surface area (Å²) in [7, 11) is 1.50. The monoisotopic (exact) mass is 616 g/mol. The average Bonchev–Trinajstić information content (AvgIpc) is 3.02. The summed E-state index contributed by atoms with van der Waals surface area (Å²) in [6.45, 7) is 6.80. The molecule has 0 spiro atoms. The standard InChI is InChI=1S/C30H29F5N6O3/c1-6-40-26-21(12-18(16-38-26)30(33,34)35)20-8-7-17(15-36)11-24(20)41(27(40)42)25-22(31)13-19(14-23(25)32)37-9-10-39(5)28(43)44-29(2,3)4/h7-8,11-14,16,37H,6,9-10H2,1-5H3. The van der Waals surface area contributed by atoms with Crippen molar-refractivity contribution in [3.8, 4) is 17.2 Å². The SMILES string of the molecule is CCN1C(=O)N(c2c(F)cc(NCCN(C)C(=O)OC(C)(C)C)cc2F)c2cc(C#N)ccc2-c2cc(C(F)(F)F)cnc21. The number of ether oxygens (including phenoxy) is 1. The van der Waals surface area contributed by atoms with E-state index in [9.17, 15) is 28.0 Å². The molecule has 0 aliphatic carbocycles. The summed E-state index contributed by atoms with van der Waals surface area (Å²) in [5.74, 6) is -2.48. The first-order valence-corrected chi connectivity index (χ1v) is 13.5. The Balaban J connectivity index is 1.75. The van der Waals surface area contributed by atoms with Gasteiger partial charge in [-0.3, -0.25) is 9.80 Å². The third-order valence-corrected chi connectivity index (χ3v) is 6.57. The molecule has 3 amide bonds. The molecule has 3 aromatic rings. The van der Waals surface area contributed by atoms with Crippen LogP contribution in [0.25, 0.3) is 11.1 Å². The van der Waals surface area contributed by atoms with Crippen LogP contribution in [0.3, 0.4) is 0 Å². The maximum Gasteiger partial charge on any atom is 0.417 e. The van der Waals surface area contributed by atoms with Crippen LogP contribution in [0.5, 0.6) is 0 Å². The minimum Gasteiger partial charge on any atom is -0.444 e. The first-order valence-electron chi connectivity index (χ1n) is 13.5. The van der Waals surface area contributed by atoms with Gasteiger partial charge in [0.1, 0.15) is 17.1 Å². The van der Waals surface area contributed by atoms with Crippen LogP contribution in [0.15, 0.2) is 42.6 Å². The zero-order chi connectivity index (χ0) is 32.6. The number of rotatable bonds is 6. The third-order valence-electron chi connectivity index (χ3n) is 6.57. The minimum atomic E-state index is -4.76. The Hall–Kier alpha value is -4.93. The highest BCUT2D eigenvalue weighted by Crippen LogP contribution is 2.46. The number of nitrogens with zero attached hydrogens (tertiary/aromatic N) is 5. The molecule has 2 aromatic carbocycles. The molecule has 44 heavy (non-hydrogen) atoms. The fourth-order valence-electron chi connectivity index (χ4n) is 4.54. The number of aromatic nitrogens is 1. The largest absolute Gasteiger partial charge is 0.444 e. The molecular weight excluding hydrogens is 587 g/mol. The molecule has 0 saturated heterocycles. The zero-order valence-electron chi connectivity index (χ0n) is 24.5. The smallest absolute Gasteiger partial charge is 0.417 e. The van der Waals surface area contributed by atoms with E-state index in [0.717, 1.165) is 23.1 Å². The molecule has 0 bridgehead atoms. The second-order valence-electron chi connectivity index (χ2n) is 10.9. The number of alkyl halides is 3. The van der Waals surface area contributed by atoms with Gasteiger partial charge in [0.2, 0.25) is 0 Å². The van der Waals surface area contributed by atoms with Crippen molar-refractivity contribution < 1.29 is 36.3 Å². The number of anilines is 4. The van der Waals surface area contributed by atoms with E-state index in [1.807, 2.05) is 6.07 Å². The molecule has 4 rings (SSSR count). The topological polar surface area (TPSA) is 102 Å². The lowest BCUT2D eigenvalue weighted by atomic mass is 10.00. The molecule has 232 valence electrons. The number of benzene rings is 2. The van der Waals surface area contributed by atoms with Crippen molar-refractivity contribution in [2.75, 3.05) is 41.8 Å². The second kappa shape index (κ2) is 12.0. The Labute approximate surface area is 250 Å². The molecule has 14 heteroatoms. The van der Waals surface area contributed by atoms with Crippen molar-refractivity contribution in [3.63, 3.8) is 0 Å². The van der Waals surface area contributed by atoms with Gasteiger partial charge in [-0.2, -0.15) is 18.4 Å². The normalized spacial score (nSPS) is 13.1. The number of urea groups is 1. The van der Waals surface area contributed by atoms with Crippen LogP contribution in [-0.4, -0.2) is 54.3 Å². The highest BCUT2D eigenvalue weighted by molar-refractivity contribution is 6.15. The molecule has 0 saturated carbocycles. The Bertz CT molecular complexity index is 1620. The maximum absolute atomic E-state index is 15.8. The summed E-state index contributed by atoms with van der Waals surface area (Å²) in [4.78, 5) is 33.0. The number of fused-ring (bicyclic) bond motifs is 3. The molecule has 1 aliphatic heterocycles. The highest BCUT2D eigenvalue weighted by atomic mass is 19.4. The lowest BCUT2D eigenvalue weighted by Crippen LogP contribution is -2.41. The first kappa shape index (κ1) is 32.0. The lowest BCUT2D eigenvalue weighted by Gasteiger charge is -2.28. The first-order chi connectivity index (χ1) is 20.6. The van der Waals surface area contributed by atoms with Gasteiger partial charge in [-0.25, -0.2) is 23.4 Å². The number of pyridine rings is 1. The molecular formula is C30H29F5N6O3. The van der Waals surface area contributed by atoms with E-state index in [4.69, 9.17) is 4.74 Å². The quantitative estimate of drug-likeness (QED) is 0.292. The van der Waals surface area contributed by atoms with Crippen LogP contribution >= 0.6 is 0 Å². The number of hydrogen-bond donors (Lipinski definition) is 1. The van der Waals surface area contributed by atoms with Gasteiger partial charge < -0.3 is 15.0 Å². The number of halogens is 5. The average molecular weight is 617 g/mol. The summed E-state index contributed by atoms with van der Waals surface area (Å²) >= 11 is 0.